The molecule has 7 heteroatoms. The molecule has 0 aromatic heterocycles. The molecule has 0 bridgehead atoms. The lowest BCUT2D eigenvalue weighted by Gasteiger charge is -2.14. The van der Waals surface area contributed by atoms with Gasteiger partial charge in [-0.3, -0.25) is 9.59 Å². The Bertz CT molecular complexity index is 630. The topological polar surface area (TPSA) is 108 Å². The minimum absolute atomic E-state index is 0.0148. The van der Waals surface area contributed by atoms with Gasteiger partial charge in [0.1, 0.15) is 0 Å². The molecule has 7 nitrogen and oxygen atoms in total. The number of carbonyl (C=O) groups excluding carboxylic acids is 2. The van der Waals surface area contributed by atoms with Crippen molar-refractivity contribution < 1.29 is 19.5 Å². The van der Waals surface area contributed by atoms with Crippen molar-refractivity contribution in [3.05, 3.63) is 29.8 Å². The molecular formula is C17H23N3O4. The quantitative estimate of drug-likeness (QED) is 0.662. The molecule has 3 amide bonds. The summed E-state index contributed by atoms with van der Waals surface area (Å²) in [5, 5.41) is 17.3. The number of carboxylic acids is 1. The third kappa shape index (κ3) is 4.97. The van der Waals surface area contributed by atoms with Crippen molar-refractivity contribution in [2.45, 2.75) is 45.2 Å². The predicted molar refractivity (Wildman–Crippen MR) is 90.0 cm³/mol. The van der Waals surface area contributed by atoms with Crippen LogP contribution in [0.25, 0.3) is 0 Å². The molecule has 1 aromatic rings. The molecule has 1 fully saturated rings. The van der Waals surface area contributed by atoms with Gasteiger partial charge in [-0.15, -0.1) is 0 Å². The molecule has 0 aliphatic heterocycles. The minimum atomic E-state index is -0.811. The first kappa shape index (κ1) is 17.8. The largest absolute Gasteiger partial charge is 0.481 e. The zero-order valence-electron chi connectivity index (χ0n) is 13.8. The van der Waals surface area contributed by atoms with Crippen LogP contribution in [0.5, 0.6) is 0 Å². The van der Waals surface area contributed by atoms with Gasteiger partial charge in [0.05, 0.1) is 5.92 Å². The molecule has 0 unspecified atom stereocenters. The number of nitrogens with one attached hydrogen (secondary N) is 3. The molecule has 0 radical (unpaired) electrons. The zero-order chi connectivity index (χ0) is 17.7. The van der Waals surface area contributed by atoms with Crippen LogP contribution in [0.1, 0.15) is 43.5 Å². The monoisotopic (exact) mass is 333 g/mol. The summed E-state index contributed by atoms with van der Waals surface area (Å²) in [5.74, 6) is -1.46. The fourth-order valence-electron chi connectivity index (χ4n) is 2.77. The average Bonchev–Trinajstić information content (AvgIpc) is 2.95. The molecule has 4 N–H and O–H groups in total. The zero-order valence-corrected chi connectivity index (χ0v) is 13.8. The molecule has 1 saturated carbocycles. The van der Waals surface area contributed by atoms with E-state index in [2.05, 4.69) is 16.0 Å². The lowest BCUT2D eigenvalue weighted by molar-refractivity contribution is -0.141. The van der Waals surface area contributed by atoms with Crippen LogP contribution in [-0.4, -0.2) is 35.1 Å². The molecule has 1 aliphatic rings. The van der Waals surface area contributed by atoms with Crippen LogP contribution in [0.2, 0.25) is 0 Å². The summed E-state index contributed by atoms with van der Waals surface area (Å²) in [5.41, 5.74) is 0.951. The van der Waals surface area contributed by atoms with Gasteiger partial charge in [0.25, 0.3) is 5.91 Å². The standard InChI is InChI=1S/C17H23N3O4/c1-10(2)18-17(24)20-13-5-3-4-11(8-13)15(21)19-14-7-6-12(9-14)16(22)23/h3-5,8,10,12,14H,6-7,9H2,1-2H3,(H,19,21)(H,22,23)(H2,18,20,24)/t12-,14+/m1/s1. The lowest BCUT2D eigenvalue weighted by Crippen LogP contribution is -2.34. The number of benzene rings is 1. The Kier molecular flexibility index (Phi) is 5.78. The average molecular weight is 333 g/mol. The van der Waals surface area contributed by atoms with Gasteiger partial charge in [-0.25, -0.2) is 4.79 Å². The van der Waals surface area contributed by atoms with Gasteiger partial charge in [0.15, 0.2) is 0 Å². The van der Waals surface area contributed by atoms with Crippen molar-refractivity contribution in [1.29, 1.82) is 0 Å². The maximum absolute atomic E-state index is 12.3. The fraction of sp³-hybridized carbons (Fsp3) is 0.471. The number of carbonyl (C=O) groups is 3. The van der Waals surface area contributed by atoms with Gasteiger partial charge >= 0.3 is 12.0 Å². The van der Waals surface area contributed by atoms with Gasteiger partial charge in [0, 0.05) is 23.3 Å². The molecule has 0 heterocycles. The number of carboxylic acid groups (broad SMARTS) is 1. The van der Waals surface area contributed by atoms with Crippen molar-refractivity contribution >= 4 is 23.6 Å². The van der Waals surface area contributed by atoms with Crippen LogP contribution in [0.4, 0.5) is 10.5 Å². The molecule has 1 aliphatic carbocycles. The van der Waals surface area contributed by atoms with E-state index in [-0.39, 0.29) is 29.9 Å². The smallest absolute Gasteiger partial charge is 0.319 e. The van der Waals surface area contributed by atoms with Gasteiger partial charge in [-0.2, -0.15) is 0 Å². The van der Waals surface area contributed by atoms with Crippen LogP contribution in [0.15, 0.2) is 24.3 Å². The highest BCUT2D eigenvalue weighted by Crippen LogP contribution is 2.26. The summed E-state index contributed by atoms with van der Waals surface area (Å²) in [6.07, 6.45) is 1.70. The van der Waals surface area contributed by atoms with Crippen molar-refractivity contribution in [3.63, 3.8) is 0 Å². The summed E-state index contributed by atoms with van der Waals surface area (Å²) < 4.78 is 0. The normalized spacial score (nSPS) is 19.8. The van der Waals surface area contributed by atoms with Crippen LogP contribution in [-0.2, 0) is 4.79 Å². The first-order valence-electron chi connectivity index (χ1n) is 8.06. The van der Waals surface area contributed by atoms with Gasteiger partial charge in [-0.1, -0.05) is 6.07 Å². The summed E-state index contributed by atoms with van der Waals surface area (Å²) in [6, 6.07) is 6.20. The number of anilines is 1. The highest BCUT2D eigenvalue weighted by atomic mass is 16.4. The van der Waals surface area contributed by atoms with E-state index in [0.717, 1.165) is 0 Å². The van der Waals surface area contributed by atoms with Crippen molar-refractivity contribution in [2.75, 3.05) is 5.32 Å². The van der Waals surface area contributed by atoms with Crippen molar-refractivity contribution in [3.8, 4) is 0 Å². The van der Waals surface area contributed by atoms with Crippen LogP contribution >= 0.6 is 0 Å². The van der Waals surface area contributed by atoms with E-state index in [4.69, 9.17) is 5.11 Å². The summed E-state index contributed by atoms with van der Waals surface area (Å²) in [4.78, 5) is 35.0. The molecule has 0 saturated heterocycles. The molecule has 130 valence electrons. The summed E-state index contributed by atoms with van der Waals surface area (Å²) in [6.45, 7) is 3.71. The van der Waals surface area contributed by atoms with Gasteiger partial charge in [0.2, 0.25) is 0 Å². The van der Waals surface area contributed by atoms with Gasteiger partial charge in [-0.05, 0) is 51.3 Å². The number of urea groups is 1. The Morgan fingerprint density at radius 2 is 1.96 bits per heavy atom. The van der Waals surface area contributed by atoms with Crippen LogP contribution < -0.4 is 16.0 Å². The maximum Gasteiger partial charge on any atom is 0.319 e. The maximum atomic E-state index is 12.3. The SMILES string of the molecule is CC(C)NC(=O)Nc1cccc(C(=O)N[C@H]2CC[C@@H](C(=O)O)C2)c1. The fourth-order valence-corrected chi connectivity index (χ4v) is 2.77. The van der Waals surface area contributed by atoms with Crippen LogP contribution in [0.3, 0.4) is 0 Å². The predicted octanol–water partition coefficient (Wildman–Crippen LogP) is 2.20. The molecule has 24 heavy (non-hydrogen) atoms. The molecule has 2 rings (SSSR count). The summed E-state index contributed by atoms with van der Waals surface area (Å²) >= 11 is 0. The Hall–Kier alpha value is -2.57. The van der Waals surface area contributed by atoms with Crippen molar-refractivity contribution in [1.82, 2.24) is 10.6 Å². The van der Waals surface area contributed by atoms with E-state index >= 15 is 0 Å². The number of amides is 3. The first-order chi connectivity index (χ1) is 11.3. The van der Waals surface area contributed by atoms with E-state index in [1.807, 2.05) is 13.8 Å². The van der Waals surface area contributed by atoms with E-state index in [1.165, 1.54) is 0 Å². The molecular weight excluding hydrogens is 310 g/mol. The van der Waals surface area contributed by atoms with Gasteiger partial charge < -0.3 is 21.1 Å². The van der Waals surface area contributed by atoms with Crippen molar-refractivity contribution in [2.24, 2.45) is 5.92 Å². The highest BCUT2D eigenvalue weighted by molar-refractivity contribution is 5.97. The van der Waals surface area contributed by atoms with E-state index in [9.17, 15) is 14.4 Å². The second-order valence-electron chi connectivity index (χ2n) is 6.35. The highest BCUT2D eigenvalue weighted by Gasteiger charge is 2.30. The summed E-state index contributed by atoms with van der Waals surface area (Å²) in [7, 11) is 0. The number of hydrogen-bond acceptors (Lipinski definition) is 3. The minimum Gasteiger partial charge on any atom is -0.481 e. The molecule has 2 atom stereocenters. The lowest BCUT2D eigenvalue weighted by atomic mass is 10.1. The third-order valence-corrected chi connectivity index (χ3v) is 3.92. The second-order valence-corrected chi connectivity index (χ2v) is 6.35. The Labute approximate surface area is 140 Å². The first-order valence-corrected chi connectivity index (χ1v) is 8.06. The number of hydrogen-bond donors (Lipinski definition) is 4. The Morgan fingerprint density at radius 3 is 2.58 bits per heavy atom. The van der Waals surface area contributed by atoms with E-state index in [1.54, 1.807) is 24.3 Å². The second kappa shape index (κ2) is 7.81. The Balaban J connectivity index is 1.94. The van der Waals surface area contributed by atoms with E-state index < -0.39 is 5.97 Å². The molecule has 0 spiro atoms. The third-order valence-electron chi connectivity index (χ3n) is 3.92. The van der Waals surface area contributed by atoms with Crippen LogP contribution in [0, 0.1) is 5.92 Å². The molecule has 1 aromatic carbocycles. The van der Waals surface area contributed by atoms with E-state index in [0.29, 0.717) is 30.5 Å². The number of rotatable bonds is 5. The number of aliphatic carboxylic acids is 1. The Morgan fingerprint density at radius 1 is 1.21 bits per heavy atom.